The van der Waals surface area contributed by atoms with Gasteiger partial charge in [0, 0.05) is 12.1 Å². The lowest BCUT2D eigenvalue weighted by Gasteiger charge is -2.12. The Labute approximate surface area is 116 Å². The van der Waals surface area contributed by atoms with Gasteiger partial charge in [0.05, 0.1) is 18.8 Å². The summed E-state index contributed by atoms with van der Waals surface area (Å²) in [5.74, 6) is -2.28. The van der Waals surface area contributed by atoms with Crippen LogP contribution in [0.1, 0.15) is 19.8 Å². The molecule has 108 valence electrons. The molecule has 1 rings (SSSR count). The zero-order valence-electron chi connectivity index (χ0n) is 10.7. The fourth-order valence-electron chi connectivity index (χ4n) is 1.45. The van der Waals surface area contributed by atoms with E-state index in [1.54, 1.807) is 0 Å². The normalized spacial score (nSPS) is 11.4. The van der Waals surface area contributed by atoms with Crippen LogP contribution < -0.4 is 15.8 Å². The van der Waals surface area contributed by atoms with Gasteiger partial charge in [-0.15, -0.1) is 12.4 Å². The van der Waals surface area contributed by atoms with Crippen molar-refractivity contribution in [1.82, 2.24) is 0 Å². The summed E-state index contributed by atoms with van der Waals surface area (Å²) in [5, 5.41) is 2.25. The molecule has 0 aromatic heterocycles. The maximum Gasteiger partial charge on any atom is 0.241 e. The van der Waals surface area contributed by atoms with Gasteiger partial charge in [-0.05, 0) is 6.42 Å². The van der Waals surface area contributed by atoms with Crippen LogP contribution in [-0.4, -0.2) is 19.1 Å². The van der Waals surface area contributed by atoms with Crippen molar-refractivity contribution in [2.45, 2.75) is 25.8 Å². The van der Waals surface area contributed by atoms with E-state index in [2.05, 4.69) is 10.1 Å². The minimum atomic E-state index is -0.773. The van der Waals surface area contributed by atoms with E-state index >= 15 is 0 Å². The van der Waals surface area contributed by atoms with E-state index in [9.17, 15) is 13.6 Å². The number of nitrogens with one attached hydrogen (secondary N) is 1. The number of hydrogen-bond donors (Lipinski definition) is 2. The van der Waals surface area contributed by atoms with E-state index in [0.29, 0.717) is 6.42 Å². The average molecular weight is 295 g/mol. The Bertz CT molecular complexity index is 444. The number of carbonyl (C=O) groups is 1. The quantitative estimate of drug-likeness (QED) is 0.877. The number of methoxy groups -OCH3 is 1. The van der Waals surface area contributed by atoms with Crippen molar-refractivity contribution in [3.8, 4) is 5.75 Å². The molecule has 4 nitrogen and oxygen atoms in total. The van der Waals surface area contributed by atoms with Gasteiger partial charge in [-0.1, -0.05) is 13.3 Å². The first-order chi connectivity index (χ1) is 8.49. The van der Waals surface area contributed by atoms with E-state index in [1.165, 1.54) is 7.11 Å². The van der Waals surface area contributed by atoms with Crippen LogP contribution in [0.5, 0.6) is 5.75 Å². The van der Waals surface area contributed by atoms with Crippen molar-refractivity contribution in [2.75, 3.05) is 12.4 Å². The Morgan fingerprint density at radius 3 is 2.58 bits per heavy atom. The Kier molecular flexibility index (Phi) is 7.33. The van der Waals surface area contributed by atoms with Gasteiger partial charge in [-0.25, -0.2) is 8.78 Å². The molecule has 0 aliphatic heterocycles. The first kappa shape index (κ1) is 17.6. The van der Waals surface area contributed by atoms with E-state index in [-0.39, 0.29) is 23.8 Å². The molecule has 0 fully saturated rings. The minimum Gasteiger partial charge on any atom is -0.494 e. The molecule has 1 aromatic carbocycles. The maximum absolute atomic E-state index is 13.5. The van der Waals surface area contributed by atoms with Crippen molar-refractivity contribution < 1.29 is 18.3 Å². The van der Waals surface area contributed by atoms with Crippen molar-refractivity contribution in [2.24, 2.45) is 5.73 Å². The predicted octanol–water partition coefficient (Wildman–Crippen LogP) is 2.46. The molecular formula is C12H17ClF2N2O2. The molecule has 3 N–H and O–H groups in total. The molecule has 0 bridgehead atoms. The Hall–Kier alpha value is -1.40. The van der Waals surface area contributed by atoms with Crippen LogP contribution in [0.25, 0.3) is 0 Å². The third kappa shape index (κ3) is 4.65. The molecule has 1 amide bonds. The fraction of sp³-hybridized carbons (Fsp3) is 0.417. The second-order valence-electron chi connectivity index (χ2n) is 3.85. The highest BCUT2D eigenvalue weighted by Crippen LogP contribution is 2.24. The number of nitrogens with two attached hydrogens (primary N) is 1. The summed E-state index contributed by atoms with van der Waals surface area (Å²) in [5.41, 5.74) is 5.32. The molecule has 0 saturated carbocycles. The number of ether oxygens (including phenoxy) is 1. The summed E-state index contributed by atoms with van der Waals surface area (Å²) in [6.07, 6.45) is 1.21. The van der Waals surface area contributed by atoms with Gasteiger partial charge in [0.15, 0.2) is 17.4 Å². The molecule has 0 aliphatic rings. The first-order valence-electron chi connectivity index (χ1n) is 5.59. The fourth-order valence-corrected chi connectivity index (χ4v) is 1.45. The van der Waals surface area contributed by atoms with Gasteiger partial charge >= 0.3 is 0 Å². The second-order valence-corrected chi connectivity index (χ2v) is 3.85. The average Bonchev–Trinajstić information content (AvgIpc) is 2.33. The van der Waals surface area contributed by atoms with Gasteiger partial charge < -0.3 is 15.8 Å². The van der Waals surface area contributed by atoms with Gasteiger partial charge in [-0.3, -0.25) is 4.79 Å². The van der Waals surface area contributed by atoms with Crippen LogP contribution in [0.15, 0.2) is 12.1 Å². The van der Waals surface area contributed by atoms with Gasteiger partial charge in [0.1, 0.15) is 0 Å². The highest BCUT2D eigenvalue weighted by molar-refractivity contribution is 5.94. The molecule has 0 saturated heterocycles. The third-order valence-corrected chi connectivity index (χ3v) is 2.44. The number of benzene rings is 1. The van der Waals surface area contributed by atoms with Crippen LogP contribution >= 0.6 is 12.4 Å². The topological polar surface area (TPSA) is 64.4 Å². The largest absolute Gasteiger partial charge is 0.494 e. The summed E-state index contributed by atoms with van der Waals surface area (Å²) < 4.78 is 31.5. The van der Waals surface area contributed by atoms with Gasteiger partial charge in [0.25, 0.3) is 0 Å². The standard InChI is InChI=1S/C12H16F2N2O2.ClH/c1-3-4-9(15)12(17)16-10-5-8(14)11(18-2)6-7(10)13;/h5-6,9H,3-4,15H2,1-2H3,(H,16,17);1H. The number of rotatable bonds is 5. The molecule has 0 heterocycles. The molecule has 1 atom stereocenters. The number of amides is 1. The highest BCUT2D eigenvalue weighted by Gasteiger charge is 2.16. The van der Waals surface area contributed by atoms with E-state index < -0.39 is 23.6 Å². The van der Waals surface area contributed by atoms with E-state index in [1.807, 2.05) is 6.92 Å². The molecule has 0 aliphatic carbocycles. The van der Waals surface area contributed by atoms with Gasteiger partial charge in [-0.2, -0.15) is 0 Å². The van der Waals surface area contributed by atoms with Crippen molar-refractivity contribution >= 4 is 24.0 Å². The highest BCUT2D eigenvalue weighted by atomic mass is 35.5. The maximum atomic E-state index is 13.5. The zero-order chi connectivity index (χ0) is 13.7. The molecule has 0 radical (unpaired) electrons. The second kappa shape index (κ2) is 7.91. The van der Waals surface area contributed by atoms with Crippen LogP contribution in [0.4, 0.5) is 14.5 Å². The summed E-state index contributed by atoms with van der Waals surface area (Å²) >= 11 is 0. The molecule has 1 unspecified atom stereocenters. The number of hydrogen-bond acceptors (Lipinski definition) is 3. The molecule has 19 heavy (non-hydrogen) atoms. The lowest BCUT2D eigenvalue weighted by Crippen LogP contribution is -2.35. The lowest BCUT2D eigenvalue weighted by atomic mass is 10.1. The van der Waals surface area contributed by atoms with Crippen molar-refractivity contribution in [1.29, 1.82) is 0 Å². The van der Waals surface area contributed by atoms with Crippen LogP contribution in [-0.2, 0) is 4.79 Å². The zero-order valence-corrected chi connectivity index (χ0v) is 11.5. The number of anilines is 1. The molecule has 1 aromatic rings. The van der Waals surface area contributed by atoms with Crippen molar-refractivity contribution in [3.63, 3.8) is 0 Å². The van der Waals surface area contributed by atoms with Crippen LogP contribution in [0, 0.1) is 11.6 Å². The van der Waals surface area contributed by atoms with Crippen LogP contribution in [0.2, 0.25) is 0 Å². The first-order valence-corrected chi connectivity index (χ1v) is 5.59. The Morgan fingerprint density at radius 1 is 1.42 bits per heavy atom. The monoisotopic (exact) mass is 294 g/mol. The smallest absolute Gasteiger partial charge is 0.241 e. The van der Waals surface area contributed by atoms with Crippen LogP contribution in [0.3, 0.4) is 0 Å². The summed E-state index contributed by atoms with van der Waals surface area (Å²) in [6, 6.07) is 1.00. The van der Waals surface area contributed by atoms with E-state index in [0.717, 1.165) is 18.6 Å². The molecule has 7 heteroatoms. The van der Waals surface area contributed by atoms with Gasteiger partial charge in [0.2, 0.25) is 5.91 Å². The minimum absolute atomic E-state index is 0. The summed E-state index contributed by atoms with van der Waals surface area (Å²) in [7, 11) is 1.23. The lowest BCUT2D eigenvalue weighted by molar-refractivity contribution is -0.117. The Morgan fingerprint density at radius 2 is 2.05 bits per heavy atom. The SMILES string of the molecule is CCCC(N)C(=O)Nc1cc(F)c(OC)cc1F.Cl. The third-order valence-electron chi connectivity index (χ3n) is 2.44. The number of carbonyl (C=O) groups excluding carboxylic acids is 1. The molecule has 0 spiro atoms. The molecular weight excluding hydrogens is 278 g/mol. The Balaban J connectivity index is 0.00000324. The van der Waals surface area contributed by atoms with Crippen molar-refractivity contribution in [3.05, 3.63) is 23.8 Å². The summed E-state index contributed by atoms with van der Waals surface area (Å²) in [6.45, 7) is 1.88. The van der Waals surface area contributed by atoms with E-state index in [4.69, 9.17) is 5.73 Å². The predicted molar refractivity (Wildman–Crippen MR) is 71.7 cm³/mol. The number of halogens is 3. The summed E-state index contributed by atoms with van der Waals surface area (Å²) in [4.78, 5) is 11.6.